The Balaban J connectivity index is 1.66. The summed E-state index contributed by atoms with van der Waals surface area (Å²) in [6, 6.07) is 10.5. The predicted octanol–water partition coefficient (Wildman–Crippen LogP) is 2.83. The molecule has 2 aliphatic rings. The van der Waals surface area contributed by atoms with Gasteiger partial charge in [0.2, 0.25) is 0 Å². The number of nitrogen functional groups attached to an aromatic ring is 2. The van der Waals surface area contributed by atoms with Gasteiger partial charge in [0.25, 0.3) is 0 Å². The van der Waals surface area contributed by atoms with Gasteiger partial charge in [-0.1, -0.05) is 26.0 Å². The zero-order valence-electron chi connectivity index (χ0n) is 15.3. The second-order valence-corrected chi connectivity index (χ2v) is 7.44. The monoisotopic (exact) mass is 366 g/mol. The standard InChI is InChI=1S/C21H22N2O4/c1-3-11-4-5-12(22)8-17(11)26-19(24)15-10-16-20(25)27-18-9-13(23)6-7-14(18)21(15,16)2/h4-9,15-16H,3,10,22-23H2,1-2H3. The largest absolute Gasteiger partial charge is 0.426 e. The minimum Gasteiger partial charge on any atom is -0.426 e. The van der Waals surface area contributed by atoms with Crippen LogP contribution in [0.1, 0.15) is 31.4 Å². The number of esters is 2. The molecule has 3 atom stereocenters. The third-order valence-electron chi connectivity index (χ3n) is 5.97. The molecule has 4 rings (SSSR count). The molecule has 1 fully saturated rings. The van der Waals surface area contributed by atoms with Crippen LogP contribution in [0.3, 0.4) is 0 Å². The lowest BCUT2D eigenvalue weighted by atomic mass is 9.50. The van der Waals surface area contributed by atoms with Crippen LogP contribution in [0.25, 0.3) is 0 Å². The fraction of sp³-hybridized carbons (Fsp3) is 0.333. The fourth-order valence-corrected chi connectivity index (χ4v) is 4.25. The Morgan fingerprint density at radius 2 is 1.93 bits per heavy atom. The van der Waals surface area contributed by atoms with Crippen LogP contribution in [0.5, 0.6) is 11.5 Å². The highest BCUT2D eigenvalue weighted by Gasteiger charge is 2.63. The van der Waals surface area contributed by atoms with Gasteiger partial charge < -0.3 is 20.9 Å². The second kappa shape index (κ2) is 6.01. The molecule has 0 bridgehead atoms. The topological polar surface area (TPSA) is 105 Å². The van der Waals surface area contributed by atoms with Gasteiger partial charge in [0.05, 0.1) is 11.8 Å². The van der Waals surface area contributed by atoms with Crippen molar-refractivity contribution >= 4 is 23.3 Å². The van der Waals surface area contributed by atoms with Crippen molar-refractivity contribution in [2.75, 3.05) is 11.5 Å². The molecule has 1 aliphatic heterocycles. The molecule has 1 heterocycles. The molecule has 3 unspecified atom stereocenters. The van der Waals surface area contributed by atoms with Crippen LogP contribution in [0.15, 0.2) is 36.4 Å². The maximum absolute atomic E-state index is 13.0. The minimum absolute atomic E-state index is 0.321. The van der Waals surface area contributed by atoms with Gasteiger partial charge in [-0.05, 0) is 30.5 Å². The molecule has 4 N–H and O–H groups in total. The quantitative estimate of drug-likeness (QED) is 0.492. The van der Waals surface area contributed by atoms with Crippen molar-refractivity contribution in [3.05, 3.63) is 47.5 Å². The number of hydrogen-bond donors (Lipinski definition) is 2. The summed E-state index contributed by atoms with van der Waals surface area (Å²) in [7, 11) is 0. The molecule has 140 valence electrons. The lowest BCUT2D eigenvalue weighted by molar-refractivity contribution is -0.164. The molecule has 0 saturated heterocycles. The van der Waals surface area contributed by atoms with E-state index in [1.54, 1.807) is 24.3 Å². The van der Waals surface area contributed by atoms with Gasteiger partial charge in [0.1, 0.15) is 11.5 Å². The number of ether oxygens (including phenoxy) is 2. The highest BCUT2D eigenvalue weighted by Crippen LogP contribution is 2.58. The smallest absolute Gasteiger partial charge is 0.315 e. The lowest BCUT2D eigenvalue weighted by Crippen LogP contribution is -2.60. The first-order valence-electron chi connectivity index (χ1n) is 9.06. The van der Waals surface area contributed by atoms with Gasteiger partial charge >= 0.3 is 11.9 Å². The molecule has 0 amide bonds. The Morgan fingerprint density at radius 3 is 2.67 bits per heavy atom. The molecule has 2 aromatic rings. The van der Waals surface area contributed by atoms with Gasteiger partial charge in [0, 0.05) is 34.5 Å². The highest BCUT2D eigenvalue weighted by molar-refractivity contribution is 5.89. The Hall–Kier alpha value is -3.02. The molecule has 6 heteroatoms. The van der Waals surface area contributed by atoms with E-state index in [-0.39, 0.29) is 17.9 Å². The highest BCUT2D eigenvalue weighted by atomic mass is 16.5. The van der Waals surface area contributed by atoms with Crippen LogP contribution < -0.4 is 20.9 Å². The zero-order valence-corrected chi connectivity index (χ0v) is 15.3. The molecule has 0 aromatic heterocycles. The van der Waals surface area contributed by atoms with Gasteiger partial charge in [-0.3, -0.25) is 9.59 Å². The molecule has 0 spiro atoms. The molecule has 1 aliphatic carbocycles. The number of rotatable bonds is 3. The van der Waals surface area contributed by atoms with Gasteiger partial charge in [-0.25, -0.2) is 0 Å². The molecule has 6 nitrogen and oxygen atoms in total. The summed E-state index contributed by atoms with van der Waals surface area (Å²) in [5.74, 6) is -0.578. The Morgan fingerprint density at radius 1 is 1.22 bits per heavy atom. The number of benzene rings is 2. The SMILES string of the molecule is CCc1ccc(N)cc1OC(=O)C1CC2C(=O)Oc3cc(N)ccc3C12C. The van der Waals surface area contributed by atoms with Crippen molar-refractivity contribution in [1.82, 2.24) is 0 Å². The third kappa shape index (κ3) is 2.55. The van der Waals surface area contributed by atoms with E-state index < -0.39 is 11.3 Å². The molecule has 27 heavy (non-hydrogen) atoms. The molecule has 1 saturated carbocycles. The van der Waals surface area contributed by atoms with Crippen molar-refractivity contribution in [2.45, 2.75) is 32.1 Å². The minimum atomic E-state index is -0.665. The number of anilines is 2. The van der Waals surface area contributed by atoms with Crippen LogP contribution >= 0.6 is 0 Å². The van der Waals surface area contributed by atoms with Crippen LogP contribution in [0.4, 0.5) is 11.4 Å². The first-order valence-corrected chi connectivity index (χ1v) is 9.06. The van der Waals surface area contributed by atoms with Crippen molar-refractivity contribution < 1.29 is 19.1 Å². The summed E-state index contributed by atoms with van der Waals surface area (Å²) >= 11 is 0. The average molecular weight is 366 g/mol. The average Bonchev–Trinajstić information content (AvgIpc) is 2.59. The van der Waals surface area contributed by atoms with Gasteiger partial charge in [-0.2, -0.15) is 0 Å². The number of fused-ring (bicyclic) bond motifs is 3. The molecular weight excluding hydrogens is 344 g/mol. The fourth-order valence-electron chi connectivity index (χ4n) is 4.25. The van der Waals surface area contributed by atoms with Gasteiger partial charge in [-0.15, -0.1) is 0 Å². The van der Waals surface area contributed by atoms with Gasteiger partial charge in [0.15, 0.2) is 0 Å². The lowest BCUT2D eigenvalue weighted by Gasteiger charge is -2.53. The van der Waals surface area contributed by atoms with E-state index >= 15 is 0 Å². The van der Waals surface area contributed by atoms with Crippen LogP contribution in [-0.4, -0.2) is 11.9 Å². The van der Waals surface area contributed by atoms with E-state index in [4.69, 9.17) is 20.9 Å². The van der Waals surface area contributed by atoms with Crippen LogP contribution in [0, 0.1) is 11.8 Å². The normalized spacial score (nSPS) is 25.6. The van der Waals surface area contributed by atoms with Crippen molar-refractivity contribution in [1.29, 1.82) is 0 Å². The molecule has 0 radical (unpaired) electrons. The summed E-state index contributed by atoms with van der Waals surface area (Å²) < 4.78 is 11.1. The van der Waals surface area contributed by atoms with E-state index in [0.717, 1.165) is 17.5 Å². The second-order valence-electron chi connectivity index (χ2n) is 7.44. The van der Waals surface area contributed by atoms with Crippen LogP contribution in [0.2, 0.25) is 0 Å². The van der Waals surface area contributed by atoms with Crippen molar-refractivity contribution in [2.24, 2.45) is 11.8 Å². The predicted molar refractivity (Wildman–Crippen MR) is 101 cm³/mol. The third-order valence-corrected chi connectivity index (χ3v) is 5.97. The first-order chi connectivity index (χ1) is 12.8. The maximum Gasteiger partial charge on any atom is 0.315 e. The van der Waals surface area contributed by atoms with E-state index in [0.29, 0.717) is 29.3 Å². The van der Waals surface area contributed by atoms with E-state index in [9.17, 15) is 9.59 Å². The number of aryl methyl sites for hydroxylation is 1. The number of nitrogens with two attached hydrogens (primary N) is 2. The summed E-state index contributed by atoms with van der Waals surface area (Å²) in [5, 5.41) is 0. The molecular formula is C21H22N2O4. The van der Waals surface area contributed by atoms with E-state index in [2.05, 4.69) is 0 Å². The number of hydrogen-bond acceptors (Lipinski definition) is 6. The van der Waals surface area contributed by atoms with Crippen molar-refractivity contribution in [3.63, 3.8) is 0 Å². The number of carbonyl (C=O) groups excluding carboxylic acids is 2. The van der Waals surface area contributed by atoms with E-state index in [1.165, 1.54) is 0 Å². The Bertz CT molecular complexity index is 955. The Labute approximate surface area is 157 Å². The van der Waals surface area contributed by atoms with Crippen molar-refractivity contribution in [3.8, 4) is 11.5 Å². The first kappa shape index (κ1) is 17.4. The Kier molecular flexibility index (Phi) is 3.87. The van der Waals surface area contributed by atoms with E-state index in [1.807, 2.05) is 26.0 Å². The summed E-state index contributed by atoms with van der Waals surface area (Å²) in [4.78, 5) is 25.4. The molecule has 2 aromatic carbocycles. The summed E-state index contributed by atoms with van der Waals surface area (Å²) in [5.41, 5.74) is 13.8. The van der Waals surface area contributed by atoms with Crippen LogP contribution in [-0.2, 0) is 21.4 Å². The summed E-state index contributed by atoms with van der Waals surface area (Å²) in [6.07, 6.45) is 1.13. The maximum atomic E-state index is 13.0. The zero-order chi connectivity index (χ0) is 19.3. The summed E-state index contributed by atoms with van der Waals surface area (Å²) in [6.45, 7) is 3.91. The number of carbonyl (C=O) groups is 2.